The molecule has 14 heavy (non-hydrogen) atoms. The first kappa shape index (κ1) is 11.1. The third-order valence-corrected chi connectivity index (χ3v) is 2.06. The van der Waals surface area contributed by atoms with E-state index in [1.54, 1.807) is 0 Å². The summed E-state index contributed by atoms with van der Waals surface area (Å²) in [7, 11) is 0. The summed E-state index contributed by atoms with van der Waals surface area (Å²) in [5, 5.41) is -1.76. The van der Waals surface area contributed by atoms with Gasteiger partial charge in [0.25, 0.3) is 11.7 Å². The Kier molecular flexibility index (Phi) is 3.23. The summed E-state index contributed by atoms with van der Waals surface area (Å²) in [6.45, 7) is 0. The largest absolute Gasteiger partial charge is 0.358 e. The second-order valence-electron chi connectivity index (χ2n) is 2.33. The Bertz CT molecular complexity index is 430. The molecular weight excluding hydrogens is 239 g/mol. The van der Waals surface area contributed by atoms with Gasteiger partial charge in [0.2, 0.25) is 5.43 Å². The minimum Gasteiger partial charge on any atom is -0.358 e. The number of hydrogen-bond donors (Lipinski definition) is 1. The maximum Gasteiger partial charge on any atom is 0.279 e. The zero-order chi connectivity index (χ0) is 10.9. The summed E-state index contributed by atoms with van der Waals surface area (Å²) in [5.74, 6) is 0. The maximum atomic E-state index is 12.2. The highest BCUT2D eigenvalue weighted by Gasteiger charge is 2.19. The molecule has 3 nitrogen and oxygen atoms in total. The minimum atomic E-state index is -2.91. The van der Waals surface area contributed by atoms with Crippen molar-refractivity contribution < 1.29 is 13.6 Å². The third-order valence-electron chi connectivity index (χ3n) is 1.48. The number of carbonyl (C=O) groups excluding carboxylic acids is 1. The number of pyridine rings is 1. The molecule has 0 aromatic carbocycles. The fourth-order valence-electron chi connectivity index (χ4n) is 0.824. The lowest BCUT2D eigenvalue weighted by molar-refractivity contribution is 0.107. The molecule has 0 aliphatic rings. The molecule has 0 spiro atoms. The molecule has 1 heterocycles. The van der Waals surface area contributed by atoms with Crippen LogP contribution in [-0.4, -0.2) is 10.2 Å². The lowest BCUT2D eigenvalue weighted by Crippen LogP contribution is -2.15. The molecule has 0 saturated heterocycles. The highest BCUT2D eigenvalue weighted by molar-refractivity contribution is 6.67. The summed E-state index contributed by atoms with van der Waals surface area (Å²) < 4.78 is 24.3. The second-order valence-corrected chi connectivity index (χ2v) is 3.05. The number of H-pyrrole nitrogens is 1. The molecule has 1 aromatic heterocycles. The molecule has 0 amide bonds. The number of rotatable bonds is 2. The molecule has 0 fully saturated rings. The Morgan fingerprint density at radius 2 is 2.07 bits per heavy atom. The lowest BCUT2D eigenvalue weighted by Gasteiger charge is -2.02. The van der Waals surface area contributed by atoms with Gasteiger partial charge in [0, 0.05) is 6.20 Å². The van der Waals surface area contributed by atoms with Crippen molar-refractivity contribution in [3.05, 3.63) is 32.7 Å². The molecule has 0 bridgehead atoms. The van der Waals surface area contributed by atoms with E-state index < -0.39 is 33.4 Å². The molecule has 7 heteroatoms. The summed E-state index contributed by atoms with van der Waals surface area (Å²) >= 11 is 10.3. The van der Waals surface area contributed by atoms with Crippen molar-refractivity contribution in [3.63, 3.8) is 0 Å². The van der Waals surface area contributed by atoms with E-state index in [0.717, 1.165) is 6.20 Å². The van der Waals surface area contributed by atoms with E-state index in [9.17, 15) is 18.4 Å². The first-order valence-electron chi connectivity index (χ1n) is 3.34. The number of halogens is 4. The normalized spacial score (nSPS) is 10.6. The number of hydrogen-bond acceptors (Lipinski definition) is 2. The standard InChI is InChI=1S/C7H3Cl2F2NO2/c8-3-4(7(10)11)12-1-2(5(3)13)6(9)14/h1,7H,(H,12,13). The highest BCUT2D eigenvalue weighted by Crippen LogP contribution is 2.22. The van der Waals surface area contributed by atoms with Crippen LogP contribution in [0.5, 0.6) is 0 Å². The topological polar surface area (TPSA) is 49.9 Å². The molecule has 1 rings (SSSR count). The molecule has 0 atom stereocenters. The number of aromatic amines is 1. The van der Waals surface area contributed by atoms with Gasteiger partial charge in [0.15, 0.2) is 0 Å². The lowest BCUT2D eigenvalue weighted by atomic mass is 10.2. The van der Waals surface area contributed by atoms with E-state index in [4.69, 9.17) is 23.2 Å². The van der Waals surface area contributed by atoms with Crippen LogP contribution in [0.1, 0.15) is 22.5 Å². The third kappa shape index (κ3) is 1.93. The predicted octanol–water partition coefficient (Wildman–Crippen LogP) is 2.34. The van der Waals surface area contributed by atoms with Gasteiger partial charge in [-0.2, -0.15) is 0 Å². The highest BCUT2D eigenvalue weighted by atomic mass is 35.5. The van der Waals surface area contributed by atoms with Crippen LogP contribution in [0.3, 0.4) is 0 Å². The summed E-state index contributed by atoms with van der Waals surface area (Å²) in [6, 6.07) is 0. The Hall–Kier alpha value is -0.940. The van der Waals surface area contributed by atoms with Crippen molar-refractivity contribution in [2.45, 2.75) is 6.43 Å². The Morgan fingerprint density at radius 3 is 2.50 bits per heavy atom. The van der Waals surface area contributed by atoms with E-state index in [-0.39, 0.29) is 0 Å². The van der Waals surface area contributed by atoms with Crippen molar-refractivity contribution in [1.29, 1.82) is 0 Å². The fourth-order valence-corrected chi connectivity index (χ4v) is 1.20. The Balaban J connectivity index is 3.42. The van der Waals surface area contributed by atoms with Crippen LogP contribution >= 0.6 is 23.2 Å². The molecule has 0 unspecified atom stereocenters. The number of aromatic nitrogens is 1. The van der Waals surface area contributed by atoms with E-state index >= 15 is 0 Å². The molecule has 1 aromatic rings. The van der Waals surface area contributed by atoms with E-state index in [0.29, 0.717) is 0 Å². The molecule has 0 aliphatic carbocycles. The Morgan fingerprint density at radius 1 is 1.50 bits per heavy atom. The van der Waals surface area contributed by atoms with Crippen molar-refractivity contribution >= 4 is 28.4 Å². The van der Waals surface area contributed by atoms with Gasteiger partial charge in [-0.05, 0) is 11.6 Å². The number of alkyl halides is 2. The average Bonchev–Trinajstić information content (AvgIpc) is 2.08. The van der Waals surface area contributed by atoms with E-state index in [2.05, 4.69) is 0 Å². The number of carbonyl (C=O) groups is 1. The van der Waals surface area contributed by atoms with Gasteiger partial charge in [-0.3, -0.25) is 9.59 Å². The van der Waals surface area contributed by atoms with Crippen LogP contribution in [0.15, 0.2) is 11.0 Å². The van der Waals surface area contributed by atoms with Gasteiger partial charge in [0.1, 0.15) is 10.7 Å². The smallest absolute Gasteiger partial charge is 0.279 e. The fraction of sp³-hybridized carbons (Fsp3) is 0.143. The second kappa shape index (κ2) is 4.06. The zero-order valence-corrected chi connectivity index (χ0v) is 7.99. The molecule has 0 saturated carbocycles. The Labute approximate surface area is 86.6 Å². The first-order valence-corrected chi connectivity index (χ1v) is 4.09. The summed E-state index contributed by atoms with van der Waals surface area (Å²) in [5.41, 5.74) is -2.18. The molecule has 76 valence electrons. The summed E-state index contributed by atoms with van der Waals surface area (Å²) in [4.78, 5) is 23.8. The summed E-state index contributed by atoms with van der Waals surface area (Å²) in [6.07, 6.45) is -2.10. The average molecular weight is 242 g/mol. The van der Waals surface area contributed by atoms with E-state index in [1.807, 2.05) is 4.98 Å². The van der Waals surface area contributed by atoms with Crippen LogP contribution in [0.4, 0.5) is 8.78 Å². The number of nitrogens with one attached hydrogen (secondary N) is 1. The van der Waals surface area contributed by atoms with Gasteiger partial charge in [-0.25, -0.2) is 8.78 Å². The van der Waals surface area contributed by atoms with E-state index in [1.165, 1.54) is 0 Å². The zero-order valence-electron chi connectivity index (χ0n) is 6.48. The van der Waals surface area contributed by atoms with Gasteiger partial charge >= 0.3 is 0 Å². The van der Waals surface area contributed by atoms with Crippen molar-refractivity contribution in [1.82, 2.24) is 4.98 Å². The van der Waals surface area contributed by atoms with Crippen molar-refractivity contribution in [2.75, 3.05) is 0 Å². The van der Waals surface area contributed by atoms with Crippen LogP contribution in [0.25, 0.3) is 0 Å². The first-order chi connectivity index (χ1) is 6.45. The van der Waals surface area contributed by atoms with Crippen LogP contribution in [0, 0.1) is 0 Å². The van der Waals surface area contributed by atoms with Crippen LogP contribution < -0.4 is 5.43 Å². The van der Waals surface area contributed by atoms with Gasteiger partial charge in [0.05, 0.1) is 5.56 Å². The van der Waals surface area contributed by atoms with Crippen LogP contribution in [0.2, 0.25) is 5.02 Å². The monoisotopic (exact) mass is 241 g/mol. The predicted molar refractivity (Wildman–Crippen MR) is 47.2 cm³/mol. The maximum absolute atomic E-state index is 12.2. The minimum absolute atomic E-state index is 0.457. The van der Waals surface area contributed by atoms with Gasteiger partial charge < -0.3 is 4.98 Å². The molecule has 1 N–H and O–H groups in total. The quantitative estimate of drug-likeness (QED) is 0.809. The van der Waals surface area contributed by atoms with Crippen LogP contribution in [-0.2, 0) is 0 Å². The van der Waals surface area contributed by atoms with Crippen molar-refractivity contribution in [3.8, 4) is 0 Å². The van der Waals surface area contributed by atoms with Crippen molar-refractivity contribution in [2.24, 2.45) is 0 Å². The van der Waals surface area contributed by atoms with Gasteiger partial charge in [-0.1, -0.05) is 11.6 Å². The molecule has 0 radical (unpaired) electrons. The molecule has 0 aliphatic heterocycles. The molecular formula is C7H3Cl2F2NO2. The SMILES string of the molecule is O=C(Cl)c1c[nH]c(C(F)F)c(Cl)c1=O. The van der Waals surface area contributed by atoms with Gasteiger partial charge in [-0.15, -0.1) is 0 Å².